The van der Waals surface area contributed by atoms with E-state index in [1.807, 2.05) is 0 Å². The molecule has 1 atom stereocenters. The fourth-order valence-electron chi connectivity index (χ4n) is 3.56. The molecule has 0 spiro atoms. The van der Waals surface area contributed by atoms with Gasteiger partial charge in [0.2, 0.25) is 0 Å². The van der Waals surface area contributed by atoms with E-state index in [9.17, 15) is 0 Å². The summed E-state index contributed by atoms with van der Waals surface area (Å²) in [4.78, 5) is 12.1. The molecule has 1 aromatic heterocycles. The lowest BCUT2D eigenvalue weighted by Gasteiger charge is -2.36. The maximum atomic E-state index is 4.75. The molecule has 0 saturated carbocycles. The number of hydrogen-bond donors (Lipinski definition) is 0. The van der Waals surface area contributed by atoms with Crippen LogP contribution in [0.15, 0.2) is 18.3 Å². The van der Waals surface area contributed by atoms with Gasteiger partial charge < -0.3 is 9.80 Å². The Morgan fingerprint density at radius 1 is 1.10 bits per heavy atom. The van der Waals surface area contributed by atoms with Crippen LogP contribution in [0.3, 0.4) is 0 Å². The summed E-state index contributed by atoms with van der Waals surface area (Å²) < 4.78 is 0. The minimum absolute atomic E-state index is 0.581. The number of pyridine rings is 1. The first kappa shape index (κ1) is 14.8. The van der Waals surface area contributed by atoms with Gasteiger partial charge in [0.1, 0.15) is 5.82 Å². The third kappa shape index (κ3) is 3.38. The van der Waals surface area contributed by atoms with Crippen LogP contribution in [0, 0.1) is 0 Å². The Balaban J connectivity index is 1.68. The highest BCUT2D eigenvalue weighted by atomic mass is 15.3. The number of piperazine rings is 1. The van der Waals surface area contributed by atoms with Gasteiger partial charge in [-0.25, -0.2) is 4.98 Å². The lowest BCUT2D eigenvalue weighted by Crippen LogP contribution is -2.44. The molecule has 4 nitrogen and oxygen atoms in total. The number of piperidine rings is 1. The van der Waals surface area contributed by atoms with Crippen LogP contribution in [0.1, 0.15) is 37.8 Å². The molecule has 0 bridgehead atoms. The predicted molar refractivity (Wildman–Crippen MR) is 87.8 cm³/mol. The number of hydrogen-bond acceptors (Lipinski definition) is 4. The third-order valence-electron chi connectivity index (χ3n) is 5.00. The van der Waals surface area contributed by atoms with E-state index in [0.29, 0.717) is 6.04 Å². The zero-order chi connectivity index (χ0) is 14.7. The quantitative estimate of drug-likeness (QED) is 0.851. The van der Waals surface area contributed by atoms with Gasteiger partial charge >= 0.3 is 0 Å². The van der Waals surface area contributed by atoms with Gasteiger partial charge in [0.15, 0.2) is 0 Å². The highest BCUT2D eigenvalue weighted by Gasteiger charge is 2.23. The molecule has 0 unspecified atom stereocenters. The molecule has 0 aromatic carbocycles. The van der Waals surface area contributed by atoms with Gasteiger partial charge in [-0.05, 0) is 44.6 Å². The summed E-state index contributed by atoms with van der Waals surface area (Å²) in [7, 11) is 2.19. The van der Waals surface area contributed by atoms with Crippen LogP contribution in [-0.4, -0.2) is 61.1 Å². The van der Waals surface area contributed by atoms with Gasteiger partial charge in [-0.3, -0.25) is 4.90 Å². The summed E-state index contributed by atoms with van der Waals surface area (Å²) in [5.74, 6) is 1.14. The first-order valence-electron chi connectivity index (χ1n) is 8.41. The van der Waals surface area contributed by atoms with Crippen molar-refractivity contribution in [2.45, 2.75) is 32.2 Å². The number of likely N-dealkylation sites (tertiary alicyclic amines) is 1. The molecule has 2 saturated heterocycles. The van der Waals surface area contributed by atoms with Gasteiger partial charge in [-0.2, -0.15) is 0 Å². The number of anilines is 1. The average molecular weight is 288 g/mol. The fraction of sp³-hybridized carbons (Fsp3) is 0.706. The van der Waals surface area contributed by atoms with Gasteiger partial charge in [0, 0.05) is 38.4 Å². The Kier molecular flexibility index (Phi) is 4.76. The molecule has 2 fully saturated rings. The van der Waals surface area contributed by atoms with Crippen LogP contribution in [0.4, 0.5) is 5.82 Å². The Labute approximate surface area is 128 Å². The van der Waals surface area contributed by atoms with Crippen molar-refractivity contribution in [2.24, 2.45) is 0 Å². The lowest BCUT2D eigenvalue weighted by molar-refractivity contribution is 0.157. The first-order valence-corrected chi connectivity index (χ1v) is 8.41. The molecule has 3 rings (SSSR count). The molecule has 21 heavy (non-hydrogen) atoms. The summed E-state index contributed by atoms with van der Waals surface area (Å²) in [6.45, 7) is 9.10. The second-order valence-corrected chi connectivity index (χ2v) is 6.38. The lowest BCUT2D eigenvalue weighted by atomic mass is 9.96. The van der Waals surface area contributed by atoms with E-state index in [1.165, 1.54) is 31.4 Å². The van der Waals surface area contributed by atoms with E-state index in [4.69, 9.17) is 4.98 Å². The van der Waals surface area contributed by atoms with Crippen LogP contribution < -0.4 is 4.90 Å². The van der Waals surface area contributed by atoms with Crippen molar-refractivity contribution < 1.29 is 0 Å². The second-order valence-electron chi connectivity index (χ2n) is 6.38. The van der Waals surface area contributed by atoms with Crippen LogP contribution in [0.5, 0.6) is 0 Å². The summed E-state index contributed by atoms with van der Waals surface area (Å²) in [6.07, 6.45) is 6.09. The Bertz CT molecular complexity index is 437. The Morgan fingerprint density at radius 2 is 1.90 bits per heavy atom. The van der Waals surface area contributed by atoms with Crippen molar-refractivity contribution >= 4 is 5.82 Å². The van der Waals surface area contributed by atoms with Crippen molar-refractivity contribution in [1.82, 2.24) is 14.8 Å². The number of aromatic nitrogens is 1. The van der Waals surface area contributed by atoms with E-state index < -0.39 is 0 Å². The third-order valence-corrected chi connectivity index (χ3v) is 5.00. The summed E-state index contributed by atoms with van der Waals surface area (Å²) >= 11 is 0. The fourth-order valence-corrected chi connectivity index (χ4v) is 3.56. The SMILES string of the molecule is CCN1CCCC[C@H]1c1ccc(N2CCN(C)CC2)nc1. The first-order chi connectivity index (χ1) is 10.3. The van der Waals surface area contributed by atoms with Gasteiger partial charge in [0.05, 0.1) is 0 Å². The highest BCUT2D eigenvalue weighted by Crippen LogP contribution is 2.30. The van der Waals surface area contributed by atoms with Crippen LogP contribution in [-0.2, 0) is 0 Å². The highest BCUT2D eigenvalue weighted by molar-refractivity contribution is 5.40. The van der Waals surface area contributed by atoms with Crippen molar-refractivity contribution in [3.8, 4) is 0 Å². The molecule has 2 aliphatic rings. The molecule has 4 heteroatoms. The topological polar surface area (TPSA) is 22.6 Å². The molecule has 0 radical (unpaired) electrons. The molecule has 116 valence electrons. The predicted octanol–water partition coefficient (Wildman–Crippen LogP) is 2.38. The van der Waals surface area contributed by atoms with Crippen molar-refractivity contribution in [2.75, 3.05) is 51.2 Å². The standard InChI is InChI=1S/C17H28N4/c1-3-20-9-5-4-6-16(20)15-7-8-17(18-14-15)21-12-10-19(2)11-13-21/h7-8,14,16H,3-6,9-13H2,1-2H3/t16-/m0/s1. The average Bonchev–Trinajstić information content (AvgIpc) is 2.56. The monoisotopic (exact) mass is 288 g/mol. The molecule has 1 aromatic rings. The van der Waals surface area contributed by atoms with E-state index >= 15 is 0 Å². The van der Waals surface area contributed by atoms with Crippen molar-refractivity contribution in [3.05, 3.63) is 23.9 Å². The van der Waals surface area contributed by atoms with Gasteiger partial charge in [-0.1, -0.05) is 19.4 Å². The molecule has 3 heterocycles. The van der Waals surface area contributed by atoms with Crippen LogP contribution >= 0.6 is 0 Å². The van der Waals surface area contributed by atoms with E-state index in [-0.39, 0.29) is 0 Å². The Morgan fingerprint density at radius 3 is 2.57 bits per heavy atom. The molecule has 2 aliphatic heterocycles. The maximum absolute atomic E-state index is 4.75. The normalized spacial score (nSPS) is 25.2. The summed E-state index contributed by atoms with van der Waals surface area (Å²) in [6, 6.07) is 5.11. The summed E-state index contributed by atoms with van der Waals surface area (Å²) in [5, 5.41) is 0. The van der Waals surface area contributed by atoms with E-state index in [0.717, 1.165) is 38.5 Å². The molecular weight excluding hydrogens is 260 g/mol. The smallest absolute Gasteiger partial charge is 0.128 e. The number of nitrogens with zero attached hydrogens (tertiary/aromatic N) is 4. The number of likely N-dealkylation sites (N-methyl/N-ethyl adjacent to an activating group) is 1. The second kappa shape index (κ2) is 6.75. The minimum atomic E-state index is 0.581. The van der Waals surface area contributed by atoms with Gasteiger partial charge in [-0.15, -0.1) is 0 Å². The molecular formula is C17H28N4. The van der Waals surface area contributed by atoms with Crippen LogP contribution in [0.2, 0.25) is 0 Å². The zero-order valence-corrected chi connectivity index (χ0v) is 13.5. The Hall–Kier alpha value is -1.13. The maximum Gasteiger partial charge on any atom is 0.128 e. The van der Waals surface area contributed by atoms with Crippen LogP contribution in [0.25, 0.3) is 0 Å². The zero-order valence-electron chi connectivity index (χ0n) is 13.5. The van der Waals surface area contributed by atoms with Crippen molar-refractivity contribution in [3.63, 3.8) is 0 Å². The van der Waals surface area contributed by atoms with E-state index in [1.54, 1.807) is 0 Å². The molecule has 0 N–H and O–H groups in total. The van der Waals surface area contributed by atoms with E-state index in [2.05, 4.69) is 47.0 Å². The molecule has 0 amide bonds. The minimum Gasteiger partial charge on any atom is -0.354 e. The largest absolute Gasteiger partial charge is 0.354 e. The summed E-state index contributed by atoms with van der Waals surface area (Å²) in [5.41, 5.74) is 1.40. The number of rotatable bonds is 3. The van der Waals surface area contributed by atoms with Crippen molar-refractivity contribution in [1.29, 1.82) is 0 Å². The van der Waals surface area contributed by atoms with Gasteiger partial charge in [0.25, 0.3) is 0 Å². The molecule has 0 aliphatic carbocycles.